The minimum Gasteiger partial charge on any atom is -0.207 e. The van der Waals surface area contributed by atoms with E-state index in [9.17, 15) is 21.6 Å². The Morgan fingerprint density at radius 2 is 1.57 bits per heavy atom. The van der Waals surface area contributed by atoms with Crippen LogP contribution in [0.25, 0.3) is 0 Å². The molecule has 0 bridgehead atoms. The van der Waals surface area contributed by atoms with Crippen molar-refractivity contribution in [2.45, 2.75) is 30.5 Å². The van der Waals surface area contributed by atoms with E-state index in [1.807, 2.05) is 0 Å². The summed E-state index contributed by atoms with van der Waals surface area (Å²) in [5, 5.41) is 0. The van der Waals surface area contributed by atoms with Gasteiger partial charge in [-0.1, -0.05) is 49.4 Å². The molecule has 0 saturated heterocycles. The number of benzene rings is 2. The Labute approximate surface area is 133 Å². The molecule has 23 heavy (non-hydrogen) atoms. The lowest BCUT2D eigenvalue weighted by molar-refractivity contribution is -0.139. The number of nitrogens with one attached hydrogen (secondary N) is 1. The van der Waals surface area contributed by atoms with Crippen LogP contribution in [-0.2, 0) is 16.2 Å². The molecule has 0 aliphatic heterocycles. The first-order valence-electron chi connectivity index (χ1n) is 6.99. The number of hydrogen-bond acceptors (Lipinski definition) is 2. The Balaban J connectivity index is 2.40. The van der Waals surface area contributed by atoms with Crippen molar-refractivity contribution in [1.29, 1.82) is 0 Å². The van der Waals surface area contributed by atoms with Gasteiger partial charge in [-0.05, 0) is 24.1 Å². The topological polar surface area (TPSA) is 46.2 Å². The monoisotopic (exact) mass is 343 g/mol. The highest BCUT2D eigenvalue weighted by Crippen LogP contribution is 2.34. The lowest BCUT2D eigenvalue weighted by atomic mass is 10.1. The molecule has 0 heterocycles. The third-order valence-electron chi connectivity index (χ3n) is 3.39. The minimum absolute atomic E-state index is 0.414. The lowest BCUT2D eigenvalue weighted by Gasteiger charge is -2.19. The van der Waals surface area contributed by atoms with Crippen LogP contribution >= 0.6 is 0 Å². The van der Waals surface area contributed by atoms with Crippen molar-refractivity contribution in [3.63, 3.8) is 0 Å². The summed E-state index contributed by atoms with van der Waals surface area (Å²) < 4.78 is 66.3. The molecule has 0 aromatic heterocycles. The number of alkyl halides is 3. The average Bonchev–Trinajstić information content (AvgIpc) is 2.53. The van der Waals surface area contributed by atoms with Crippen LogP contribution in [0, 0.1) is 0 Å². The van der Waals surface area contributed by atoms with Crippen molar-refractivity contribution in [3.05, 3.63) is 65.7 Å². The van der Waals surface area contributed by atoms with Crippen molar-refractivity contribution >= 4 is 10.0 Å². The van der Waals surface area contributed by atoms with E-state index in [-0.39, 0.29) is 0 Å². The van der Waals surface area contributed by atoms with Crippen molar-refractivity contribution in [1.82, 2.24) is 4.72 Å². The van der Waals surface area contributed by atoms with Crippen LogP contribution in [0.15, 0.2) is 59.5 Å². The quantitative estimate of drug-likeness (QED) is 0.887. The third kappa shape index (κ3) is 4.11. The highest BCUT2D eigenvalue weighted by Gasteiger charge is 2.37. The van der Waals surface area contributed by atoms with Crippen molar-refractivity contribution in [3.8, 4) is 0 Å². The predicted molar refractivity (Wildman–Crippen MR) is 81.2 cm³/mol. The minimum atomic E-state index is -4.74. The third-order valence-corrected chi connectivity index (χ3v) is 4.92. The van der Waals surface area contributed by atoms with Gasteiger partial charge in [-0.25, -0.2) is 13.1 Å². The number of sulfonamides is 1. The molecule has 2 aromatic rings. The zero-order chi connectivity index (χ0) is 17.1. The van der Waals surface area contributed by atoms with Gasteiger partial charge in [0.2, 0.25) is 10.0 Å². The van der Waals surface area contributed by atoms with Gasteiger partial charge in [-0.3, -0.25) is 0 Å². The summed E-state index contributed by atoms with van der Waals surface area (Å²) in [6.07, 6.45) is -4.32. The first-order valence-corrected chi connectivity index (χ1v) is 8.47. The Kier molecular flexibility index (Phi) is 5.11. The summed E-state index contributed by atoms with van der Waals surface area (Å²) in [6.45, 7) is 1.76. The van der Waals surface area contributed by atoms with Crippen molar-refractivity contribution < 1.29 is 21.6 Å². The van der Waals surface area contributed by atoms with Crippen LogP contribution in [0.1, 0.15) is 30.5 Å². The number of rotatable bonds is 5. The van der Waals surface area contributed by atoms with Crippen LogP contribution in [0.3, 0.4) is 0 Å². The lowest BCUT2D eigenvalue weighted by Crippen LogP contribution is -2.30. The van der Waals surface area contributed by atoms with E-state index in [2.05, 4.69) is 4.72 Å². The fourth-order valence-electron chi connectivity index (χ4n) is 2.26. The molecular weight excluding hydrogens is 327 g/mol. The Bertz CT molecular complexity index is 758. The molecule has 2 aromatic carbocycles. The van der Waals surface area contributed by atoms with Crippen LogP contribution < -0.4 is 4.72 Å². The second-order valence-electron chi connectivity index (χ2n) is 4.99. The molecule has 124 valence electrons. The molecular formula is C16H16F3NO2S. The summed E-state index contributed by atoms with van der Waals surface area (Å²) in [4.78, 5) is -0.762. The summed E-state index contributed by atoms with van der Waals surface area (Å²) in [6, 6.07) is 12.3. The molecule has 0 amide bonds. The van der Waals surface area contributed by atoms with Gasteiger partial charge >= 0.3 is 6.18 Å². The maximum atomic E-state index is 13.0. The van der Waals surface area contributed by atoms with Gasteiger partial charge in [0.15, 0.2) is 0 Å². The second-order valence-corrected chi connectivity index (χ2v) is 6.67. The molecule has 0 radical (unpaired) electrons. The van der Waals surface area contributed by atoms with Crippen LogP contribution in [0.2, 0.25) is 0 Å². The van der Waals surface area contributed by atoms with E-state index < -0.39 is 32.7 Å². The first-order chi connectivity index (χ1) is 10.8. The fraction of sp³-hybridized carbons (Fsp3) is 0.250. The molecule has 1 N–H and O–H groups in total. The fourth-order valence-corrected chi connectivity index (χ4v) is 3.79. The smallest absolute Gasteiger partial charge is 0.207 e. The molecule has 0 fully saturated rings. The maximum Gasteiger partial charge on any atom is 0.417 e. The Morgan fingerprint density at radius 3 is 2.13 bits per heavy atom. The highest BCUT2D eigenvalue weighted by molar-refractivity contribution is 7.89. The van der Waals surface area contributed by atoms with E-state index in [4.69, 9.17) is 0 Å². The van der Waals surface area contributed by atoms with Crippen molar-refractivity contribution in [2.75, 3.05) is 0 Å². The highest BCUT2D eigenvalue weighted by atomic mass is 32.2. The van der Waals surface area contributed by atoms with E-state index in [1.165, 1.54) is 6.07 Å². The largest absolute Gasteiger partial charge is 0.417 e. The number of hydrogen-bond donors (Lipinski definition) is 1. The molecule has 0 saturated carbocycles. The molecule has 0 aliphatic carbocycles. The Hall–Kier alpha value is -1.86. The molecule has 7 heteroatoms. The van der Waals surface area contributed by atoms with Crippen LogP contribution in [0.5, 0.6) is 0 Å². The second kappa shape index (κ2) is 6.72. The summed E-state index contributed by atoms with van der Waals surface area (Å²) in [5.74, 6) is 0. The van der Waals surface area contributed by atoms with E-state index in [0.717, 1.165) is 18.2 Å². The standard InChI is InChI=1S/C16H16F3NO2S/c1-2-14(12-8-4-3-5-9-12)20-23(21,22)15-11-7-6-10-13(15)16(17,18)19/h3-11,14,20H,2H2,1H3. The van der Waals surface area contributed by atoms with Gasteiger partial charge in [0, 0.05) is 6.04 Å². The summed E-state index contributed by atoms with van der Waals surface area (Å²) in [5.41, 5.74) is -0.474. The van der Waals surface area contributed by atoms with Gasteiger partial charge in [-0.2, -0.15) is 13.2 Å². The summed E-state index contributed by atoms with van der Waals surface area (Å²) >= 11 is 0. The maximum absolute atomic E-state index is 13.0. The summed E-state index contributed by atoms with van der Waals surface area (Å²) in [7, 11) is -4.30. The van der Waals surface area contributed by atoms with Gasteiger partial charge in [-0.15, -0.1) is 0 Å². The van der Waals surface area contributed by atoms with Crippen LogP contribution in [0.4, 0.5) is 13.2 Å². The van der Waals surface area contributed by atoms with E-state index in [0.29, 0.717) is 12.0 Å². The molecule has 0 aliphatic rings. The molecule has 3 nitrogen and oxygen atoms in total. The first kappa shape index (κ1) is 17.5. The zero-order valence-electron chi connectivity index (χ0n) is 12.3. The number of halogens is 3. The predicted octanol–water partition coefficient (Wildman–Crippen LogP) is 4.14. The molecule has 1 unspecified atom stereocenters. The average molecular weight is 343 g/mol. The SMILES string of the molecule is CCC(NS(=O)(=O)c1ccccc1C(F)(F)F)c1ccccc1. The normalized spacial score (nSPS) is 13.7. The molecule has 1 atom stereocenters. The van der Waals surface area contributed by atoms with Crippen molar-refractivity contribution in [2.24, 2.45) is 0 Å². The van der Waals surface area contributed by atoms with Crippen LogP contribution in [-0.4, -0.2) is 8.42 Å². The van der Waals surface area contributed by atoms with E-state index >= 15 is 0 Å². The van der Waals surface area contributed by atoms with Gasteiger partial charge in [0.05, 0.1) is 10.5 Å². The molecule has 0 spiro atoms. The van der Waals surface area contributed by atoms with Gasteiger partial charge < -0.3 is 0 Å². The zero-order valence-corrected chi connectivity index (χ0v) is 13.2. The molecule has 2 rings (SSSR count). The van der Waals surface area contributed by atoms with Gasteiger partial charge in [0.25, 0.3) is 0 Å². The van der Waals surface area contributed by atoms with Gasteiger partial charge in [0.1, 0.15) is 0 Å². The van der Waals surface area contributed by atoms with E-state index in [1.54, 1.807) is 37.3 Å². The Morgan fingerprint density at radius 1 is 1.00 bits per heavy atom.